The van der Waals surface area contributed by atoms with Gasteiger partial charge in [0.2, 0.25) is 5.91 Å². The third kappa shape index (κ3) is 3.18. The average molecular weight is 309 g/mol. The van der Waals surface area contributed by atoms with Gasteiger partial charge in [0.05, 0.1) is 13.5 Å². The molecule has 2 heterocycles. The molecule has 0 aliphatic carbocycles. The van der Waals surface area contributed by atoms with E-state index in [0.717, 1.165) is 34.6 Å². The monoisotopic (exact) mass is 309 g/mol. The summed E-state index contributed by atoms with van der Waals surface area (Å²) in [7, 11) is 1.60. The minimum absolute atomic E-state index is 0.0581. The quantitative estimate of drug-likeness (QED) is 0.787. The summed E-state index contributed by atoms with van der Waals surface area (Å²) in [5.41, 5.74) is 2.63. The first kappa shape index (κ1) is 15.1. The smallest absolute Gasteiger partial charge is 0.228 e. The fraction of sp³-hybridized carbons (Fsp3) is 0.222. The number of nitrogens with one attached hydrogen (secondary N) is 1. The topological polar surface area (TPSA) is 56.2 Å². The predicted octanol–water partition coefficient (Wildman–Crippen LogP) is 3.25. The highest BCUT2D eigenvalue weighted by molar-refractivity contribution is 5.95. The van der Waals surface area contributed by atoms with Crippen LogP contribution in [0.15, 0.2) is 48.8 Å². The van der Waals surface area contributed by atoms with Gasteiger partial charge in [0, 0.05) is 36.1 Å². The Balaban J connectivity index is 1.80. The molecule has 0 aliphatic heterocycles. The molecule has 2 aromatic heterocycles. The molecule has 1 N–H and O–H groups in total. The maximum atomic E-state index is 12.3. The molecule has 0 spiro atoms. The lowest BCUT2D eigenvalue weighted by Gasteiger charge is -2.06. The highest BCUT2D eigenvalue weighted by atomic mass is 16.5. The molecular formula is C18H19N3O2. The van der Waals surface area contributed by atoms with Crippen molar-refractivity contribution in [3.8, 4) is 5.75 Å². The van der Waals surface area contributed by atoms with Crippen molar-refractivity contribution in [3.63, 3.8) is 0 Å². The Morgan fingerprint density at radius 2 is 2.17 bits per heavy atom. The number of pyridine rings is 1. The Morgan fingerprint density at radius 3 is 2.96 bits per heavy atom. The number of anilines is 1. The zero-order valence-corrected chi connectivity index (χ0v) is 13.2. The normalized spacial score (nSPS) is 10.7. The van der Waals surface area contributed by atoms with Gasteiger partial charge in [0.1, 0.15) is 11.4 Å². The molecular weight excluding hydrogens is 290 g/mol. The molecule has 0 radical (unpaired) electrons. The summed E-state index contributed by atoms with van der Waals surface area (Å²) in [6.07, 6.45) is 4.09. The lowest BCUT2D eigenvalue weighted by Crippen LogP contribution is -2.14. The van der Waals surface area contributed by atoms with Gasteiger partial charge >= 0.3 is 0 Å². The largest absolute Gasteiger partial charge is 0.497 e. The van der Waals surface area contributed by atoms with E-state index >= 15 is 0 Å². The number of aromatic nitrogens is 2. The van der Waals surface area contributed by atoms with Crippen molar-refractivity contribution in [2.45, 2.75) is 19.9 Å². The third-order valence-corrected chi connectivity index (χ3v) is 3.76. The van der Waals surface area contributed by atoms with Crippen LogP contribution in [0.5, 0.6) is 5.75 Å². The molecule has 0 aliphatic rings. The summed E-state index contributed by atoms with van der Waals surface area (Å²) in [4.78, 5) is 16.7. The van der Waals surface area contributed by atoms with Gasteiger partial charge in [-0.15, -0.1) is 0 Å². The van der Waals surface area contributed by atoms with Crippen LogP contribution in [0.25, 0.3) is 11.0 Å². The highest BCUT2D eigenvalue weighted by Gasteiger charge is 2.12. The first-order valence-corrected chi connectivity index (χ1v) is 7.58. The van der Waals surface area contributed by atoms with Crippen LogP contribution in [-0.4, -0.2) is 22.6 Å². The van der Waals surface area contributed by atoms with Crippen LogP contribution < -0.4 is 10.1 Å². The lowest BCUT2D eigenvalue weighted by atomic mass is 10.1. The van der Waals surface area contributed by atoms with Crippen molar-refractivity contribution in [1.29, 1.82) is 0 Å². The second kappa shape index (κ2) is 6.52. The van der Waals surface area contributed by atoms with Gasteiger partial charge in [0.25, 0.3) is 0 Å². The number of carbonyl (C=O) groups excluding carboxylic acids is 1. The first-order valence-electron chi connectivity index (χ1n) is 7.58. The minimum Gasteiger partial charge on any atom is -0.497 e. The summed E-state index contributed by atoms with van der Waals surface area (Å²) < 4.78 is 7.23. The van der Waals surface area contributed by atoms with E-state index < -0.39 is 0 Å². The van der Waals surface area contributed by atoms with Crippen molar-refractivity contribution < 1.29 is 9.53 Å². The molecule has 1 amide bonds. The highest BCUT2D eigenvalue weighted by Crippen LogP contribution is 2.21. The van der Waals surface area contributed by atoms with E-state index in [1.54, 1.807) is 19.4 Å². The van der Waals surface area contributed by atoms with Crippen LogP contribution in [0.4, 0.5) is 5.69 Å². The molecule has 23 heavy (non-hydrogen) atoms. The van der Waals surface area contributed by atoms with Gasteiger partial charge in [-0.05, 0) is 36.8 Å². The summed E-state index contributed by atoms with van der Waals surface area (Å²) in [6, 6.07) is 11.2. The van der Waals surface area contributed by atoms with E-state index in [2.05, 4.69) is 21.8 Å². The molecule has 0 atom stereocenters. The van der Waals surface area contributed by atoms with Crippen LogP contribution in [-0.2, 0) is 17.8 Å². The number of hydrogen-bond donors (Lipinski definition) is 1. The van der Waals surface area contributed by atoms with Crippen LogP contribution in [0.2, 0.25) is 0 Å². The fourth-order valence-electron chi connectivity index (χ4n) is 2.66. The van der Waals surface area contributed by atoms with Crippen molar-refractivity contribution in [1.82, 2.24) is 9.55 Å². The molecule has 0 saturated heterocycles. The maximum absolute atomic E-state index is 12.3. The molecule has 5 heteroatoms. The van der Waals surface area contributed by atoms with Gasteiger partial charge in [-0.3, -0.25) is 4.79 Å². The molecule has 118 valence electrons. The molecule has 0 bridgehead atoms. The van der Waals surface area contributed by atoms with Crippen molar-refractivity contribution >= 4 is 22.6 Å². The summed E-state index contributed by atoms with van der Waals surface area (Å²) in [5.74, 6) is 0.659. The van der Waals surface area contributed by atoms with Crippen LogP contribution in [0.3, 0.4) is 0 Å². The van der Waals surface area contributed by atoms with E-state index in [1.165, 1.54) is 0 Å². The number of aryl methyl sites for hydroxylation is 1. The van der Waals surface area contributed by atoms with Crippen molar-refractivity contribution in [3.05, 3.63) is 54.4 Å². The van der Waals surface area contributed by atoms with E-state index in [0.29, 0.717) is 6.42 Å². The second-order valence-corrected chi connectivity index (χ2v) is 5.27. The number of methoxy groups -OCH3 is 1. The summed E-state index contributed by atoms with van der Waals surface area (Å²) >= 11 is 0. The van der Waals surface area contributed by atoms with Gasteiger partial charge in [-0.2, -0.15) is 0 Å². The number of ether oxygens (including phenoxy) is 1. The summed E-state index contributed by atoms with van der Waals surface area (Å²) in [6.45, 7) is 2.89. The van der Waals surface area contributed by atoms with Crippen LogP contribution >= 0.6 is 0 Å². The van der Waals surface area contributed by atoms with E-state index in [9.17, 15) is 4.79 Å². The third-order valence-electron chi connectivity index (χ3n) is 3.76. The Labute approximate surface area is 134 Å². The number of amides is 1. The van der Waals surface area contributed by atoms with Gasteiger partial charge in [-0.1, -0.05) is 6.07 Å². The second-order valence-electron chi connectivity index (χ2n) is 5.27. The standard InChI is InChI=1S/C18H19N3O2/c1-3-21-12-13(16-8-5-9-19-18(16)21)10-17(22)20-14-6-4-7-15(11-14)23-2/h4-9,11-12H,3,10H2,1-2H3,(H,20,22). The molecule has 0 saturated carbocycles. The zero-order chi connectivity index (χ0) is 16.2. The maximum Gasteiger partial charge on any atom is 0.228 e. The summed E-state index contributed by atoms with van der Waals surface area (Å²) in [5, 5.41) is 3.93. The first-order chi connectivity index (χ1) is 11.2. The molecule has 0 fully saturated rings. The Kier molecular flexibility index (Phi) is 4.28. The fourth-order valence-corrected chi connectivity index (χ4v) is 2.66. The number of benzene rings is 1. The number of rotatable bonds is 5. The Morgan fingerprint density at radius 1 is 1.30 bits per heavy atom. The van der Waals surface area contributed by atoms with E-state index in [1.807, 2.05) is 36.5 Å². The lowest BCUT2D eigenvalue weighted by molar-refractivity contribution is -0.115. The van der Waals surface area contributed by atoms with Crippen LogP contribution in [0, 0.1) is 0 Å². The SMILES string of the molecule is CCn1cc(CC(=O)Nc2cccc(OC)c2)c2cccnc21. The molecule has 0 unspecified atom stereocenters. The van der Waals surface area contributed by atoms with E-state index in [-0.39, 0.29) is 5.91 Å². The number of nitrogens with zero attached hydrogens (tertiary/aromatic N) is 2. The molecule has 3 rings (SSSR count). The molecule has 1 aromatic carbocycles. The number of hydrogen-bond acceptors (Lipinski definition) is 3. The van der Waals surface area contributed by atoms with Crippen molar-refractivity contribution in [2.24, 2.45) is 0 Å². The van der Waals surface area contributed by atoms with E-state index in [4.69, 9.17) is 4.74 Å². The van der Waals surface area contributed by atoms with Gasteiger partial charge in [-0.25, -0.2) is 4.98 Å². The van der Waals surface area contributed by atoms with Gasteiger partial charge in [0.15, 0.2) is 0 Å². The van der Waals surface area contributed by atoms with Crippen LogP contribution in [0.1, 0.15) is 12.5 Å². The number of carbonyl (C=O) groups is 1. The van der Waals surface area contributed by atoms with Crippen molar-refractivity contribution in [2.75, 3.05) is 12.4 Å². The Hall–Kier alpha value is -2.82. The van der Waals surface area contributed by atoms with Gasteiger partial charge < -0.3 is 14.6 Å². The average Bonchev–Trinajstić information content (AvgIpc) is 2.93. The zero-order valence-electron chi connectivity index (χ0n) is 13.2. The Bertz CT molecular complexity index is 839. The minimum atomic E-state index is -0.0581. The molecule has 3 aromatic rings. The predicted molar refractivity (Wildman–Crippen MR) is 90.7 cm³/mol. The number of fused-ring (bicyclic) bond motifs is 1. The molecule has 5 nitrogen and oxygen atoms in total.